The molecule has 0 atom stereocenters. The molecule has 1 heterocycles. The molecular formula is C15H22N2O5S2. The lowest BCUT2D eigenvalue weighted by Crippen LogP contribution is -2.57. The Morgan fingerprint density at radius 2 is 1.71 bits per heavy atom. The highest BCUT2D eigenvalue weighted by molar-refractivity contribution is 7.92. The Hall–Kier alpha value is -1.45. The SMILES string of the molecule is CC(=O)Nc1ccc(S(=O)(=O)N2CC(S(=O)(=O)CC(C)C)C2)cc1. The zero-order valence-electron chi connectivity index (χ0n) is 13.9. The molecule has 0 spiro atoms. The van der Waals surface area contributed by atoms with Gasteiger partial charge in [-0.2, -0.15) is 4.31 Å². The molecule has 0 bridgehead atoms. The summed E-state index contributed by atoms with van der Waals surface area (Å²) < 4.78 is 50.4. The Bertz CT molecular complexity index is 808. The molecule has 1 amide bonds. The van der Waals surface area contributed by atoms with E-state index in [9.17, 15) is 21.6 Å². The van der Waals surface area contributed by atoms with Gasteiger partial charge in [0.15, 0.2) is 9.84 Å². The monoisotopic (exact) mass is 374 g/mol. The lowest BCUT2D eigenvalue weighted by atomic mass is 10.3. The van der Waals surface area contributed by atoms with E-state index in [4.69, 9.17) is 0 Å². The van der Waals surface area contributed by atoms with Gasteiger partial charge in [0.25, 0.3) is 0 Å². The van der Waals surface area contributed by atoms with Gasteiger partial charge in [-0.15, -0.1) is 0 Å². The summed E-state index contributed by atoms with van der Waals surface area (Å²) in [5.74, 6) is -0.162. The van der Waals surface area contributed by atoms with Crippen LogP contribution in [-0.4, -0.2) is 51.1 Å². The average Bonchev–Trinajstić information content (AvgIpc) is 2.34. The number of hydrogen-bond donors (Lipinski definition) is 1. The molecule has 1 aromatic rings. The Kier molecular flexibility index (Phi) is 5.36. The van der Waals surface area contributed by atoms with Crippen molar-refractivity contribution in [3.05, 3.63) is 24.3 Å². The second-order valence-electron chi connectivity index (χ2n) is 6.37. The fourth-order valence-corrected chi connectivity index (χ4v) is 6.22. The summed E-state index contributed by atoms with van der Waals surface area (Å²) in [6.45, 7) is 4.99. The predicted molar refractivity (Wildman–Crippen MR) is 91.9 cm³/mol. The minimum atomic E-state index is -3.71. The third-order valence-corrected chi connectivity index (χ3v) is 7.99. The van der Waals surface area contributed by atoms with Crippen molar-refractivity contribution >= 4 is 31.5 Å². The number of benzene rings is 1. The lowest BCUT2D eigenvalue weighted by Gasteiger charge is -2.37. The minimum Gasteiger partial charge on any atom is -0.326 e. The molecule has 1 N–H and O–H groups in total. The minimum absolute atomic E-state index is 0.00909. The molecule has 2 rings (SSSR count). The van der Waals surface area contributed by atoms with E-state index < -0.39 is 25.1 Å². The summed E-state index contributed by atoms with van der Waals surface area (Å²) in [7, 11) is -6.98. The Balaban J connectivity index is 2.07. The third kappa shape index (κ3) is 4.14. The molecule has 7 nitrogen and oxygen atoms in total. The van der Waals surface area contributed by atoms with Crippen molar-refractivity contribution in [3.8, 4) is 0 Å². The number of sulfone groups is 1. The van der Waals surface area contributed by atoms with Crippen LogP contribution < -0.4 is 5.32 Å². The van der Waals surface area contributed by atoms with Gasteiger partial charge in [0, 0.05) is 25.7 Å². The molecule has 0 aromatic heterocycles. The molecule has 1 aliphatic heterocycles. The van der Waals surface area contributed by atoms with Crippen LogP contribution in [-0.2, 0) is 24.7 Å². The van der Waals surface area contributed by atoms with E-state index in [-0.39, 0.29) is 35.6 Å². The molecule has 24 heavy (non-hydrogen) atoms. The Morgan fingerprint density at radius 1 is 1.17 bits per heavy atom. The molecule has 0 saturated carbocycles. The van der Waals surface area contributed by atoms with E-state index >= 15 is 0 Å². The number of sulfonamides is 1. The zero-order chi connectivity index (χ0) is 18.1. The topological polar surface area (TPSA) is 101 Å². The first-order valence-electron chi connectivity index (χ1n) is 7.62. The maximum absolute atomic E-state index is 12.5. The van der Waals surface area contributed by atoms with Crippen molar-refractivity contribution < 1.29 is 21.6 Å². The highest BCUT2D eigenvalue weighted by Crippen LogP contribution is 2.27. The van der Waals surface area contributed by atoms with E-state index in [0.717, 1.165) is 0 Å². The summed E-state index contributed by atoms with van der Waals surface area (Å²) >= 11 is 0. The molecule has 134 valence electrons. The maximum atomic E-state index is 12.5. The highest BCUT2D eigenvalue weighted by atomic mass is 32.2. The molecule has 0 radical (unpaired) electrons. The van der Waals surface area contributed by atoms with Gasteiger partial charge in [-0.25, -0.2) is 16.8 Å². The third-order valence-electron chi connectivity index (χ3n) is 3.70. The van der Waals surface area contributed by atoms with Crippen LogP contribution in [0.4, 0.5) is 5.69 Å². The molecule has 9 heteroatoms. The number of hydrogen-bond acceptors (Lipinski definition) is 5. The summed E-state index contributed by atoms with van der Waals surface area (Å²) in [4.78, 5) is 11.1. The fourth-order valence-electron chi connectivity index (χ4n) is 2.49. The van der Waals surface area contributed by atoms with Crippen LogP contribution in [0.1, 0.15) is 20.8 Å². The first-order chi connectivity index (χ1) is 11.0. The van der Waals surface area contributed by atoms with Crippen molar-refractivity contribution in [2.45, 2.75) is 30.9 Å². The van der Waals surface area contributed by atoms with Gasteiger partial charge in [0.1, 0.15) is 0 Å². The van der Waals surface area contributed by atoms with Crippen LogP contribution in [0.5, 0.6) is 0 Å². The fraction of sp³-hybridized carbons (Fsp3) is 0.533. The van der Waals surface area contributed by atoms with Gasteiger partial charge < -0.3 is 5.32 Å². The first-order valence-corrected chi connectivity index (χ1v) is 10.8. The van der Waals surface area contributed by atoms with Gasteiger partial charge in [0.05, 0.1) is 15.9 Å². The second-order valence-corrected chi connectivity index (χ2v) is 10.6. The number of carbonyl (C=O) groups is 1. The van der Waals surface area contributed by atoms with Crippen LogP contribution in [0.3, 0.4) is 0 Å². The zero-order valence-corrected chi connectivity index (χ0v) is 15.5. The Morgan fingerprint density at radius 3 is 2.17 bits per heavy atom. The van der Waals surface area contributed by atoms with Crippen LogP contribution >= 0.6 is 0 Å². The summed E-state index contributed by atoms with van der Waals surface area (Å²) in [6, 6.07) is 5.80. The van der Waals surface area contributed by atoms with E-state index in [1.807, 2.05) is 13.8 Å². The van der Waals surface area contributed by atoms with E-state index in [0.29, 0.717) is 5.69 Å². The van der Waals surface area contributed by atoms with Crippen molar-refractivity contribution in [1.29, 1.82) is 0 Å². The second kappa shape index (κ2) is 6.81. The Labute approximate surface area is 143 Å². The van der Waals surface area contributed by atoms with Crippen LogP contribution in [0.25, 0.3) is 0 Å². The summed E-state index contributed by atoms with van der Waals surface area (Å²) in [6.07, 6.45) is 0. The first kappa shape index (κ1) is 18.9. The van der Waals surface area contributed by atoms with Gasteiger partial charge in [-0.3, -0.25) is 4.79 Å². The molecule has 1 fully saturated rings. The van der Waals surface area contributed by atoms with Crippen LogP contribution in [0.2, 0.25) is 0 Å². The molecular weight excluding hydrogens is 352 g/mol. The van der Waals surface area contributed by atoms with Gasteiger partial charge >= 0.3 is 0 Å². The number of nitrogens with one attached hydrogen (secondary N) is 1. The number of carbonyl (C=O) groups excluding carboxylic acids is 1. The van der Waals surface area contributed by atoms with Crippen LogP contribution in [0.15, 0.2) is 29.2 Å². The lowest BCUT2D eigenvalue weighted by molar-refractivity contribution is -0.114. The number of amides is 1. The highest BCUT2D eigenvalue weighted by Gasteiger charge is 2.43. The van der Waals surface area contributed by atoms with Gasteiger partial charge in [-0.1, -0.05) is 13.8 Å². The maximum Gasteiger partial charge on any atom is 0.243 e. The predicted octanol–water partition coefficient (Wildman–Crippen LogP) is 1.09. The summed E-state index contributed by atoms with van der Waals surface area (Å²) in [5, 5.41) is 1.93. The normalized spacial score (nSPS) is 16.8. The quantitative estimate of drug-likeness (QED) is 0.803. The van der Waals surface area contributed by atoms with E-state index in [2.05, 4.69) is 5.32 Å². The molecule has 0 unspecified atom stereocenters. The number of anilines is 1. The van der Waals surface area contributed by atoms with Crippen molar-refractivity contribution in [2.75, 3.05) is 24.2 Å². The molecule has 1 aliphatic rings. The largest absolute Gasteiger partial charge is 0.326 e. The van der Waals surface area contributed by atoms with Crippen molar-refractivity contribution in [1.82, 2.24) is 4.31 Å². The molecule has 1 saturated heterocycles. The average molecular weight is 374 g/mol. The van der Waals surface area contributed by atoms with Crippen LogP contribution in [0, 0.1) is 5.92 Å². The standard InChI is InChI=1S/C15H22N2O5S2/c1-11(2)10-23(19,20)15-8-17(9-15)24(21,22)14-6-4-13(5-7-14)16-12(3)18/h4-7,11,15H,8-10H2,1-3H3,(H,16,18). The molecule has 1 aromatic carbocycles. The smallest absolute Gasteiger partial charge is 0.243 e. The van der Waals surface area contributed by atoms with Gasteiger partial charge in [-0.05, 0) is 30.2 Å². The summed E-state index contributed by atoms with van der Waals surface area (Å²) in [5.41, 5.74) is 0.502. The van der Waals surface area contributed by atoms with Crippen molar-refractivity contribution in [3.63, 3.8) is 0 Å². The molecule has 0 aliphatic carbocycles. The van der Waals surface area contributed by atoms with E-state index in [1.54, 1.807) is 0 Å². The van der Waals surface area contributed by atoms with E-state index in [1.165, 1.54) is 35.5 Å². The van der Waals surface area contributed by atoms with Gasteiger partial charge in [0.2, 0.25) is 15.9 Å². The number of rotatable bonds is 6. The van der Waals surface area contributed by atoms with Crippen molar-refractivity contribution in [2.24, 2.45) is 5.92 Å². The number of nitrogens with zero attached hydrogens (tertiary/aromatic N) is 1.